The van der Waals surface area contributed by atoms with E-state index in [0.717, 1.165) is 5.56 Å². The fraction of sp³-hybridized carbons (Fsp3) is 0.400. The van der Waals surface area contributed by atoms with Crippen molar-refractivity contribution < 1.29 is 10.0 Å². The molecule has 6 nitrogen and oxygen atoms in total. The normalized spacial score (nSPS) is 12.4. The molecular weight excluding hydrogens is 210 g/mol. The predicted molar refractivity (Wildman–Crippen MR) is 60.9 cm³/mol. The van der Waals surface area contributed by atoms with Gasteiger partial charge in [-0.25, -0.2) is 0 Å². The van der Waals surface area contributed by atoms with Crippen LogP contribution in [-0.2, 0) is 6.54 Å². The number of anilines is 1. The molecule has 0 bridgehead atoms. The lowest BCUT2D eigenvalue weighted by Crippen LogP contribution is -2.23. The fourth-order valence-electron chi connectivity index (χ4n) is 1.28. The third-order valence-electron chi connectivity index (χ3n) is 2.06. The Labute approximate surface area is 93.2 Å². The van der Waals surface area contributed by atoms with Crippen molar-refractivity contribution in [2.24, 2.45) is 0 Å². The Morgan fingerprint density at radius 1 is 1.62 bits per heavy atom. The Morgan fingerprint density at radius 2 is 2.31 bits per heavy atom. The number of nitro groups is 1. The monoisotopic (exact) mass is 225 g/mol. The lowest BCUT2D eigenvalue weighted by atomic mass is 10.1. The van der Waals surface area contributed by atoms with Crippen LogP contribution < -0.4 is 11.1 Å². The van der Waals surface area contributed by atoms with E-state index in [4.69, 9.17) is 10.8 Å². The van der Waals surface area contributed by atoms with E-state index in [1.807, 2.05) is 0 Å². The maximum Gasteiger partial charge on any atom is 0.292 e. The standard InChI is InChI=1S/C10H15N3O3/c1-7(14)5-12-6-8-2-3-9(11)10(4-8)13(15)16/h2-4,7,12,14H,5-6,11H2,1H3/t7-/m0/s1. The van der Waals surface area contributed by atoms with Crippen molar-refractivity contribution in [1.82, 2.24) is 5.32 Å². The molecule has 1 aromatic rings. The first-order valence-corrected chi connectivity index (χ1v) is 4.92. The second kappa shape index (κ2) is 5.43. The number of nitrogens with zero attached hydrogens (tertiary/aromatic N) is 1. The van der Waals surface area contributed by atoms with Crippen molar-refractivity contribution in [3.8, 4) is 0 Å². The minimum absolute atomic E-state index is 0.0867. The molecule has 0 spiro atoms. The average molecular weight is 225 g/mol. The number of rotatable bonds is 5. The topological polar surface area (TPSA) is 101 Å². The van der Waals surface area contributed by atoms with Crippen LogP contribution in [0.1, 0.15) is 12.5 Å². The van der Waals surface area contributed by atoms with Crippen LogP contribution in [0.4, 0.5) is 11.4 Å². The van der Waals surface area contributed by atoms with Crippen LogP contribution in [0.15, 0.2) is 18.2 Å². The molecule has 0 aliphatic heterocycles. The van der Waals surface area contributed by atoms with Crippen LogP contribution in [0.3, 0.4) is 0 Å². The molecule has 0 amide bonds. The number of nitro benzene ring substituents is 1. The molecule has 1 atom stereocenters. The van der Waals surface area contributed by atoms with E-state index in [2.05, 4.69) is 5.32 Å². The summed E-state index contributed by atoms with van der Waals surface area (Å²) in [6, 6.07) is 4.67. The first-order valence-electron chi connectivity index (χ1n) is 4.92. The van der Waals surface area contributed by atoms with Gasteiger partial charge in [0.05, 0.1) is 11.0 Å². The van der Waals surface area contributed by atoms with Gasteiger partial charge in [0.1, 0.15) is 5.69 Å². The molecule has 0 fully saturated rings. The highest BCUT2D eigenvalue weighted by atomic mass is 16.6. The van der Waals surface area contributed by atoms with Crippen LogP contribution in [0.2, 0.25) is 0 Å². The summed E-state index contributed by atoms with van der Waals surface area (Å²) in [5.41, 5.74) is 6.30. The molecule has 0 unspecified atom stereocenters. The maximum absolute atomic E-state index is 10.6. The molecule has 1 aromatic carbocycles. The Hall–Kier alpha value is -1.66. The molecular formula is C10H15N3O3. The Kier molecular flexibility index (Phi) is 4.21. The van der Waals surface area contributed by atoms with Crippen molar-refractivity contribution >= 4 is 11.4 Å². The second-order valence-corrected chi connectivity index (χ2v) is 3.63. The predicted octanol–water partition coefficient (Wildman–Crippen LogP) is 0.647. The zero-order chi connectivity index (χ0) is 12.1. The van der Waals surface area contributed by atoms with Gasteiger partial charge in [0.15, 0.2) is 0 Å². The number of hydrogen-bond donors (Lipinski definition) is 3. The zero-order valence-electron chi connectivity index (χ0n) is 9.01. The lowest BCUT2D eigenvalue weighted by molar-refractivity contribution is -0.384. The van der Waals surface area contributed by atoms with Gasteiger partial charge in [-0.05, 0) is 18.6 Å². The van der Waals surface area contributed by atoms with Crippen molar-refractivity contribution in [2.45, 2.75) is 19.6 Å². The molecule has 0 aromatic heterocycles. The number of benzene rings is 1. The number of nitrogens with one attached hydrogen (secondary N) is 1. The summed E-state index contributed by atoms with van der Waals surface area (Å²) >= 11 is 0. The highest BCUT2D eigenvalue weighted by molar-refractivity contribution is 5.59. The molecule has 0 saturated carbocycles. The first kappa shape index (κ1) is 12.4. The highest BCUT2D eigenvalue weighted by Gasteiger charge is 2.11. The molecule has 88 valence electrons. The Morgan fingerprint density at radius 3 is 2.88 bits per heavy atom. The molecule has 4 N–H and O–H groups in total. The van der Waals surface area contributed by atoms with Crippen molar-refractivity contribution in [3.63, 3.8) is 0 Å². The lowest BCUT2D eigenvalue weighted by Gasteiger charge is -2.07. The molecule has 0 radical (unpaired) electrons. The largest absolute Gasteiger partial charge is 0.393 e. The van der Waals surface area contributed by atoms with Crippen LogP contribution in [0.25, 0.3) is 0 Å². The van der Waals surface area contributed by atoms with Gasteiger partial charge in [0.25, 0.3) is 5.69 Å². The minimum atomic E-state index is -0.506. The minimum Gasteiger partial charge on any atom is -0.393 e. The van der Waals surface area contributed by atoms with Gasteiger partial charge in [0.2, 0.25) is 0 Å². The van der Waals surface area contributed by atoms with Gasteiger partial charge >= 0.3 is 0 Å². The average Bonchev–Trinajstić information content (AvgIpc) is 2.19. The summed E-state index contributed by atoms with van der Waals surface area (Å²) in [5, 5.41) is 22.6. The van der Waals surface area contributed by atoms with E-state index in [1.54, 1.807) is 13.0 Å². The summed E-state index contributed by atoms with van der Waals surface area (Å²) < 4.78 is 0. The molecule has 0 saturated heterocycles. The number of nitrogen functional groups attached to an aromatic ring is 1. The third kappa shape index (κ3) is 3.48. The third-order valence-corrected chi connectivity index (χ3v) is 2.06. The quantitative estimate of drug-likeness (QED) is 0.388. The van der Waals surface area contributed by atoms with Gasteiger partial charge in [-0.3, -0.25) is 10.1 Å². The SMILES string of the molecule is C[C@H](O)CNCc1ccc(N)c([N+](=O)[O-])c1. The molecule has 0 aliphatic carbocycles. The summed E-state index contributed by atoms with van der Waals surface area (Å²) in [6.45, 7) is 2.57. The molecule has 0 heterocycles. The van der Waals surface area contributed by atoms with E-state index in [-0.39, 0.29) is 11.4 Å². The number of aliphatic hydroxyl groups is 1. The Balaban J connectivity index is 2.68. The summed E-state index contributed by atoms with van der Waals surface area (Å²) in [6.07, 6.45) is -0.441. The van der Waals surface area contributed by atoms with Crippen LogP contribution in [0, 0.1) is 10.1 Å². The van der Waals surface area contributed by atoms with Crippen molar-refractivity contribution in [3.05, 3.63) is 33.9 Å². The molecule has 0 aliphatic rings. The van der Waals surface area contributed by atoms with Crippen LogP contribution in [-0.4, -0.2) is 22.7 Å². The summed E-state index contributed by atoms with van der Waals surface area (Å²) in [4.78, 5) is 10.1. The number of hydrogen-bond acceptors (Lipinski definition) is 5. The van der Waals surface area contributed by atoms with Gasteiger partial charge < -0.3 is 16.2 Å². The van der Waals surface area contributed by atoms with Crippen LogP contribution in [0.5, 0.6) is 0 Å². The molecule has 1 rings (SSSR count). The van der Waals surface area contributed by atoms with Crippen LogP contribution >= 0.6 is 0 Å². The number of nitrogens with two attached hydrogens (primary N) is 1. The molecule has 16 heavy (non-hydrogen) atoms. The smallest absolute Gasteiger partial charge is 0.292 e. The van der Waals surface area contributed by atoms with Crippen molar-refractivity contribution in [1.29, 1.82) is 0 Å². The van der Waals surface area contributed by atoms with E-state index in [9.17, 15) is 10.1 Å². The summed E-state index contributed by atoms with van der Waals surface area (Å²) in [5.74, 6) is 0. The zero-order valence-corrected chi connectivity index (χ0v) is 9.01. The van der Waals surface area contributed by atoms with Gasteiger partial charge in [-0.15, -0.1) is 0 Å². The van der Waals surface area contributed by atoms with Gasteiger partial charge in [0, 0.05) is 19.2 Å². The Bertz CT molecular complexity index is 380. The summed E-state index contributed by atoms with van der Waals surface area (Å²) in [7, 11) is 0. The maximum atomic E-state index is 10.6. The number of aliphatic hydroxyl groups excluding tert-OH is 1. The van der Waals surface area contributed by atoms with Crippen molar-refractivity contribution in [2.75, 3.05) is 12.3 Å². The van der Waals surface area contributed by atoms with E-state index in [1.165, 1.54) is 12.1 Å². The second-order valence-electron chi connectivity index (χ2n) is 3.63. The molecule has 6 heteroatoms. The highest BCUT2D eigenvalue weighted by Crippen LogP contribution is 2.22. The van der Waals surface area contributed by atoms with E-state index < -0.39 is 11.0 Å². The first-order chi connectivity index (χ1) is 7.50. The van der Waals surface area contributed by atoms with Gasteiger partial charge in [-0.1, -0.05) is 6.07 Å². The van der Waals surface area contributed by atoms with E-state index >= 15 is 0 Å². The van der Waals surface area contributed by atoms with E-state index in [0.29, 0.717) is 13.1 Å². The fourth-order valence-corrected chi connectivity index (χ4v) is 1.28. The van der Waals surface area contributed by atoms with Gasteiger partial charge in [-0.2, -0.15) is 0 Å².